The maximum absolute atomic E-state index is 5.31. The van der Waals surface area contributed by atoms with Crippen molar-refractivity contribution in [1.82, 2.24) is 0 Å². The molecule has 0 amide bonds. The highest BCUT2D eigenvalue weighted by Crippen LogP contribution is 2.18. The standard InChI is InChI=1S/C12H13NO/c1-13-12-7-3-2-5-10(12)9-11-6-4-8-14-11/h2-8,13H,9H2,1H3. The normalized spacial score (nSPS) is 10.1. The number of para-hydroxylation sites is 1. The van der Waals surface area contributed by atoms with E-state index in [1.807, 2.05) is 31.3 Å². The van der Waals surface area contributed by atoms with Crippen molar-refractivity contribution in [3.05, 3.63) is 54.0 Å². The number of furan rings is 1. The van der Waals surface area contributed by atoms with Crippen LogP contribution < -0.4 is 5.32 Å². The fraction of sp³-hybridized carbons (Fsp3) is 0.167. The minimum absolute atomic E-state index is 0.837. The van der Waals surface area contributed by atoms with Crippen molar-refractivity contribution in [3.63, 3.8) is 0 Å². The molecule has 0 aliphatic carbocycles. The van der Waals surface area contributed by atoms with E-state index in [-0.39, 0.29) is 0 Å². The Morgan fingerprint density at radius 2 is 2.00 bits per heavy atom. The van der Waals surface area contributed by atoms with Gasteiger partial charge in [-0.05, 0) is 23.8 Å². The lowest BCUT2D eigenvalue weighted by atomic mass is 10.1. The number of hydrogen-bond acceptors (Lipinski definition) is 2. The van der Waals surface area contributed by atoms with Gasteiger partial charge in [0.1, 0.15) is 5.76 Å². The van der Waals surface area contributed by atoms with Gasteiger partial charge < -0.3 is 9.73 Å². The first-order valence-corrected chi connectivity index (χ1v) is 4.68. The molecular weight excluding hydrogens is 174 g/mol. The summed E-state index contributed by atoms with van der Waals surface area (Å²) in [4.78, 5) is 0. The first-order valence-electron chi connectivity index (χ1n) is 4.68. The highest BCUT2D eigenvalue weighted by molar-refractivity contribution is 5.51. The van der Waals surface area contributed by atoms with Gasteiger partial charge in [-0.2, -0.15) is 0 Å². The van der Waals surface area contributed by atoms with E-state index in [9.17, 15) is 0 Å². The third-order valence-electron chi connectivity index (χ3n) is 2.23. The van der Waals surface area contributed by atoms with Crippen molar-refractivity contribution in [2.75, 3.05) is 12.4 Å². The average molecular weight is 187 g/mol. The predicted molar refractivity (Wildman–Crippen MR) is 57.5 cm³/mol. The van der Waals surface area contributed by atoms with Crippen LogP contribution in [0.25, 0.3) is 0 Å². The molecule has 0 spiro atoms. The zero-order valence-corrected chi connectivity index (χ0v) is 8.16. The van der Waals surface area contributed by atoms with Gasteiger partial charge >= 0.3 is 0 Å². The Morgan fingerprint density at radius 3 is 2.71 bits per heavy atom. The Hall–Kier alpha value is -1.70. The zero-order chi connectivity index (χ0) is 9.80. The van der Waals surface area contributed by atoms with Gasteiger partial charge in [0.25, 0.3) is 0 Å². The van der Waals surface area contributed by atoms with E-state index in [0.717, 1.165) is 17.9 Å². The molecule has 0 unspecified atom stereocenters. The van der Waals surface area contributed by atoms with E-state index in [2.05, 4.69) is 17.4 Å². The summed E-state index contributed by atoms with van der Waals surface area (Å²) in [5.41, 5.74) is 2.41. The molecule has 0 saturated carbocycles. The van der Waals surface area contributed by atoms with Crippen LogP contribution >= 0.6 is 0 Å². The molecule has 0 bridgehead atoms. The summed E-state index contributed by atoms with van der Waals surface area (Å²) in [6, 6.07) is 12.1. The summed E-state index contributed by atoms with van der Waals surface area (Å²) in [5, 5.41) is 3.17. The lowest BCUT2D eigenvalue weighted by Gasteiger charge is -2.06. The minimum Gasteiger partial charge on any atom is -0.469 e. The number of rotatable bonds is 3. The molecular formula is C12H13NO. The van der Waals surface area contributed by atoms with E-state index in [4.69, 9.17) is 4.42 Å². The molecule has 2 heteroatoms. The highest BCUT2D eigenvalue weighted by atomic mass is 16.3. The second-order valence-electron chi connectivity index (χ2n) is 3.16. The number of hydrogen-bond donors (Lipinski definition) is 1. The third-order valence-corrected chi connectivity index (χ3v) is 2.23. The van der Waals surface area contributed by atoms with E-state index >= 15 is 0 Å². The third kappa shape index (κ3) is 1.79. The van der Waals surface area contributed by atoms with Gasteiger partial charge in [-0.25, -0.2) is 0 Å². The average Bonchev–Trinajstić information content (AvgIpc) is 2.71. The predicted octanol–water partition coefficient (Wildman–Crippen LogP) is 2.91. The fourth-order valence-electron chi connectivity index (χ4n) is 1.52. The van der Waals surface area contributed by atoms with E-state index in [1.54, 1.807) is 6.26 Å². The topological polar surface area (TPSA) is 25.2 Å². The summed E-state index contributed by atoms with van der Waals surface area (Å²) < 4.78 is 5.31. The lowest BCUT2D eigenvalue weighted by molar-refractivity contribution is 0.521. The highest BCUT2D eigenvalue weighted by Gasteiger charge is 2.02. The van der Waals surface area contributed by atoms with Crippen LogP contribution in [0.3, 0.4) is 0 Å². The first kappa shape index (κ1) is 8.88. The molecule has 2 nitrogen and oxygen atoms in total. The van der Waals surface area contributed by atoms with E-state index < -0.39 is 0 Å². The van der Waals surface area contributed by atoms with Gasteiger partial charge in [0.2, 0.25) is 0 Å². The maximum Gasteiger partial charge on any atom is 0.108 e. The van der Waals surface area contributed by atoms with E-state index in [1.165, 1.54) is 5.56 Å². The maximum atomic E-state index is 5.31. The molecule has 14 heavy (non-hydrogen) atoms. The van der Waals surface area contributed by atoms with Crippen molar-refractivity contribution in [2.24, 2.45) is 0 Å². The first-order chi connectivity index (χ1) is 6.90. The van der Waals surface area contributed by atoms with Gasteiger partial charge in [-0.1, -0.05) is 18.2 Å². The van der Waals surface area contributed by atoms with Crippen molar-refractivity contribution in [3.8, 4) is 0 Å². The quantitative estimate of drug-likeness (QED) is 0.799. The number of nitrogens with one attached hydrogen (secondary N) is 1. The van der Waals surface area contributed by atoms with Gasteiger partial charge in [-0.15, -0.1) is 0 Å². The Morgan fingerprint density at radius 1 is 1.14 bits per heavy atom. The summed E-state index contributed by atoms with van der Waals surface area (Å²) >= 11 is 0. The Kier molecular flexibility index (Phi) is 2.54. The smallest absolute Gasteiger partial charge is 0.108 e. The van der Waals surface area contributed by atoms with Crippen molar-refractivity contribution in [2.45, 2.75) is 6.42 Å². The van der Waals surface area contributed by atoms with E-state index in [0.29, 0.717) is 0 Å². The molecule has 1 aromatic carbocycles. The van der Waals surface area contributed by atoms with Crippen LogP contribution in [0.2, 0.25) is 0 Å². The van der Waals surface area contributed by atoms with Gasteiger partial charge in [0, 0.05) is 19.2 Å². The summed E-state index contributed by atoms with van der Waals surface area (Å²) in [5.74, 6) is 0.993. The van der Waals surface area contributed by atoms with Crippen molar-refractivity contribution < 1.29 is 4.42 Å². The minimum atomic E-state index is 0.837. The van der Waals surface area contributed by atoms with Crippen LogP contribution in [0.4, 0.5) is 5.69 Å². The van der Waals surface area contributed by atoms with Gasteiger partial charge in [0.05, 0.1) is 6.26 Å². The summed E-state index contributed by atoms with van der Waals surface area (Å²) in [7, 11) is 1.93. The number of benzene rings is 1. The Bertz CT molecular complexity index is 392. The van der Waals surface area contributed by atoms with Crippen LogP contribution in [0.5, 0.6) is 0 Å². The van der Waals surface area contributed by atoms with Gasteiger partial charge in [0.15, 0.2) is 0 Å². The molecule has 2 aromatic rings. The summed E-state index contributed by atoms with van der Waals surface area (Å²) in [6.45, 7) is 0. The fourth-order valence-corrected chi connectivity index (χ4v) is 1.52. The molecule has 0 aliphatic heterocycles. The number of anilines is 1. The molecule has 0 aliphatic rings. The Labute approximate surface area is 83.6 Å². The second kappa shape index (κ2) is 4.01. The zero-order valence-electron chi connectivity index (χ0n) is 8.16. The van der Waals surface area contributed by atoms with Crippen LogP contribution in [-0.4, -0.2) is 7.05 Å². The van der Waals surface area contributed by atoms with Crippen LogP contribution in [0, 0.1) is 0 Å². The van der Waals surface area contributed by atoms with Crippen LogP contribution in [0.1, 0.15) is 11.3 Å². The largest absolute Gasteiger partial charge is 0.469 e. The molecule has 0 atom stereocenters. The van der Waals surface area contributed by atoms with Crippen molar-refractivity contribution in [1.29, 1.82) is 0 Å². The monoisotopic (exact) mass is 187 g/mol. The molecule has 2 rings (SSSR count). The van der Waals surface area contributed by atoms with Crippen LogP contribution in [0.15, 0.2) is 47.1 Å². The molecule has 1 heterocycles. The molecule has 1 aromatic heterocycles. The lowest BCUT2D eigenvalue weighted by Crippen LogP contribution is -1.95. The van der Waals surface area contributed by atoms with Crippen LogP contribution in [-0.2, 0) is 6.42 Å². The molecule has 72 valence electrons. The SMILES string of the molecule is CNc1ccccc1Cc1ccco1. The molecule has 0 saturated heterocycles. The van der Waals surface area contributed by atoms with Crippen molar-refractivity contribution >= 4 is 5.69 Å². The second-order valence-corrected chi connectivity index (χ2v) is 3.16. The molecule has 0 fully saturated rings. The Balaban J connectivity index is 2.24. The summed E-state index contributed by atoms with van der Waals surface area (Å²) in [6.07, 6.45) is 2.54. The molecule has 0 radical (unpaired) electrons. The van der Waals surface area contributed by atoms with Gasteiger partial charge in [-0.3, -0.25) is 0 Å². The molecule has 1 N–H and O–H groups in total.